The topological polar surface area (TPSA) is 110 Å². The van der Waals surface area contributed by atoms with Gasteiger partial charge in [0, 0.05) is 25.2 Å². The van der Waals surface area contributed by atoms with Gasteiger partial charge in [-0.15, -0.1) is 0 Å². The molecule has 0 aromatic carbocycles. The van der Waals surface area contributed by atoms with E-state index in [-0.39, 0.29) is 61.6 Å². The first-order valence-electron chi connectivity index (χ1n) is 8.35. The van der Waals surface area contributed by atoms with Crippen molar-refractivity contribution in [1.82, 2.24) is 9.80 Å². The molecule has 2 fully saturated rings. The summed E-state index contributed by atoms with van der Waals surface area (Å²) < 4.78 is 27.7. The predicted octanol–water partition coefficient (Wildman–Crippen LogP) is -1.01. The number of methoxy groups -OCH3 is 1. The minimum absolute atomic E-state index is 0.00796. The van der Waals surface area contributed by atoms with E-state index in [4.69, 9.17) is 10.5 Å². The van der Waals surface area contributed by atoms with Crippen LogP contribution >= 0.6 is 0 Å². The maximum atomic E-state index is 12.5. The largest absolute Gasteiger partial charge is 0.468 e. The van der Waals surface area contributed by atoms with Gasteiger partial charge in [-0.05, 0) is 25.7 Å². The van der Waals surface area contributed by atoms with Gasteiger partial charge in [0.15, 0.2) is 9.84 Å². The summed E-state index contributed by atoms with van der Waals surface area (Å²) in [6.45, 7) is 0.620. The van der Waals surface area contributed by atoms with Crippen molar-refractivity contribution < 1.29 is 22.7 Å². The highest BCUT2D eigenvalue weighted by Crippen LogP contribution is 2.22. The van der Waals surface area contributed by atoms with Gasteiger partial charge in [0.2, 0.25) is 5.91 Å². The van der Waals surface area contributed by atoms with Crippen molar-refractivity contribution in [2.45, 2.75) is 37.8 Å². The fourth-order valence-corrected chi connectivity index (χ4v) is 4.45. The first kappa shape index (κ1) is 19.1. The number of hydrogen-bond acceptors (Lipinski definition) is 7. The molecular formula is C15H27N3O5S. The van der Waals surface area contributed by atoms with Crippen LogP contribution < -0.4 is 5.73 Å². The number of sulfone groups is 1. The highest BCUT2D eigenvalue weighted by Gasteiger charge is 2.30. The summed E-state index contributed by atoms with van der Waals surface area (Å²) in [6.07, 6.45) is 3.44. The molecular weight excluding hydrogens is 334 g/mol. The van der Waals surface area contributed by atoms with Gasteiger partial charge in [0.25, 0.3) is 0 Å². The first-order chi connectivity index (χ1) is 11.3. The Kier molecular flexibility index (Phi) is 6.59. The number of carbonyl (C=O) groups excluding carboxylic acids is 2. The van der Waals surface area contributed by atoms with Crippen molar-refractivity contribution >= 4 is 21.7 Å². The Morgan fingerprint density at radius 3 is 2.25 bits per heavy atom. The highest BCUT2D eigenvalue weighted by atomic mass is 32.2. The smallest absolute Gasteiger partial charge is 0.319 e. The summed E-state index contributed by atoms with van der Waals surface area (Å²) >= 11 is 0. The molecule has 0 unspecified atom stereocenters. The average molecular weight is 361 g/mol. The van der Waals surface area contributed by atoms with Crippen LogP contribution in [0.15, 0.2) is 0 Å². The lowest BCUT2D eigenvalue weighted by Gasteiger charge is -2.36. The third kappa shape index (κ3) is 5.42. The number of nitrogens with zero attached hydrogens (tertiary/aromatic N) is 2. The molecule has 2 aliphatic rings. The molecule has 0 radical (unpaired) electrons. The summed E-state index contributed by atoms with van der Waals surface area (Å²) in [5.41, 5.74) is 5.93. The van der Waals surface area contributed by atoms with E-state index in [0.717, 1.165) is 25.7 Å². The number of rotatable bonds is 5. The molecule has 1 amide bonds. The van der Waals surface area contributed by atoms with Crippen molar-refractivity contribution in [1.29, 1.82) is 0 Å². The van der Waals surface area contributed by atoms with Crippen molar-refractivity contribution in [3.63, 3.8) is 0 Å². The number of nitrogens with two attached hydrogens (primary N) is 1. The Bertz CT molecular complexity index is 543. The van der Waals surface area contributed by atoms with E-state index in [2.05, 4.69) is 0 Å². The molecule has 1 aliphatic carbocycles. The van der Waals surface area contributed by atoms with Crippen molar-refractivity contribution in [3.8, 4) is 0 Å². The lowest BCUT2D eigenvalue weighted by molar-refractivity contribution is -0.144. The van der Waals surface area contributed by atoms with Crippen LogP contribution in [0.2, 0.25) is 0 Å². The van der Waals surface area contributed by atoms with Gasteiger partial charge in [-0.2, -0.15) is 0 Å². The fraction of sp³-hybridized carbons (Fsp3) is 0.867. The normalized spacial score (nSPS) is 27.0. The van der Waals surface area contributed by atoms with Gasteiger partial charge >= 0.3 is 5.97 Å². The van der Waals surface area contributed by atoms with Crippen LogP contribution in [-0.2, 0) is 24.2 Å². The molecule has 1 heterocycles. The molecule has 8 nitrogen and oxygen atoms in total. The van der Waals surface area contributed by atoms with Crippen LogP contribution in [0.3, 0.4) is 0 Å². The Hall–Kier alpha value is -1.19. The van der Waals surface area contributed by atoms with Crippen LogP contribution in [0.4, 0.5) is 0 Å². The summed E-state index contributed by atoms with van der Waals surface area (Å²) in [4.78, 5) is 27.6. The van der Waals surface area contributed by atoms with Gasteiger partial charge in [0.05, 0.1) is 31.7 Å². The molecule has 2 N–H and O–H groups in total. The maximum Gasteiger partial charge on any atom is 0.319 e. The zero-order chi connectivity index (χ0) is 17.7. The molecule has 0 atom stereocenters. The van der Waals surface area contributed by atoms with Crippen LogP contribution in [-0.4, -0.2) is 87.0 Å². The highest BCUT2D eigenvalue weighted by molar-refractivity contribution is 7.91. The molecule has 0 spiro atoms. The molecule has 1 saturated heterocycles. The molecule has 1 saturated carbocycles. The molecule has 0 aromatic rings. The van der Waals surface area contributed by atoms with Crippen molar-refractivity contribution in [2.24, 2.45) is 5.73 Å². The Balaban J connectivity index is 1.96. The number of esters is 1. The van der Waals surface area contributed by atoms with Crippen LogP contribution in [0.5, 0.6) is 0 Å². The van der Waals surface area contributed by atoms with Gasteiger partial charge in [-0.3, -0.25) is 14.5 Å². The maximum absolute atomic E-state index is 12.5. The third-order valence-electron chi connectivity index (χ3n) is 4.85. The van der Waals surface area contributed by atoms with Gasteiger partial charge < -0.3 is 15.4 Å². The van der Waals surface area contributed by atoms with E-state index in [9.17, 15) is 18.0 Å². The SMILES string of the molecule is COC(=O)CN(CC(=O)N1CCS(=O)(=O)CC1)[C@H]1CC[C@H](N)CC1. The third-order valence-corrected chi connectivity index (χ3v) is 6.46. The summed E-state index contributed by atoms with van der Waals surface area (Å²) in [7, 11) is -1.69. The van der Waals surface area contributed by atoms with Crippen LogP contribution in [0, 0.1) is 0 Å². The van der Waals surface area contributed by atoms with E-state index < -0.39 is 9.84 Å². The lowest BCUT2D eigenvalue weighted by Crippen LogP contribution is -2.51. The molecule has 9 heteroatoms. The Morgan fingerprint density at radius 2 is 1.71 bits per heavy atom. The predicted molar refractivity (Wildman–Crippen MR) is 89.1 cm³/mol. The quantitative estimate of drug-likeness (QED) is 0.625. The number of amides is 1. The first-order valence-corrected chi connectivity index (χ1v) is 10.2. The fourth-order valence-electron chi connectivity index (χ4n) is 3.25. The van der Waals surface area contributed by atoms with Crippen molar-refractivity contribution in [2.75, 3.05) is 44.8 Å². The van der Waals surface area contributed by atoms with Crippen molar-refractivity contribution in [3.05, 3.63) is 0 Å². The minimum atomic E-state index is -3.02. The molecule has 138 valence electrons. The summed E-state index contributed by atoms with van der Waals surface area (Å²) in [5.74, 6) is -0.496. The van der Waals surface area contributed by atoms with Gasteiger partial charge in [0.1, 0.15) is 0 Å². The average Bonchev–Trinajstić information content (AvgIpc) is 2.54. The number of ether oxygens (including phenoxy) is 1. The second kappa shape index (κ2) is 8.26. The zero-order valence-corrected chi connectivity index (χ0v) is 15.0. The van der Waals surface area contributed by atoms with E-state index in [1.165, 1.54) is 7.11 Å². The van der Waals surface area contributed by atoms with Crippen LogP contribution in [0.25, 0.3) is 0 Å². The molecule has 2 rings (SSSR count). The number of hydrogen-bond donors (Lipinski definition) is 1. The number of carbonyl (C=O) groups is 2. The Labute approximate surface area is 143 Å². The van der Waals surface area contributed by atoms with Gasteiger partial charge in [-0.1, -0.05) is 0 Å². The molecule has 0 bridgehead atoms. The molecule has 0 aromatic heterocycles. The zero-order valence-electron chi connectivity index (χ0n) is 14.1. The van der Waals surface area contributed by atoms with E-state index >= 15 is 0 Å². The van der Waals surface area contributed by atoms with E-state index in [1.807, 2.05) is 4.90 Å². The monoisotopic (exact) mass is 361 g/mol. The molecule has 24 heavy (non-hydrogen) atoms. The summed E-state index contributed by atoms with van der Waals surface area (Å²) in [5, 5.41) is 0. The standard InChI is InChI=1S/C15H27N3O5S/c1-23-15(20)11-18(13-4-2-12(16)3-5-13)10-14(19)17-6-8-24(21,22)9-7-17/h12-13H,2-11,16H2,1H3/t12-,13-. The van der Waals surface area contributed by atoms with Crippen LogP contribution in [0.1, 0.15) is 25.7 Å². The lowest BCUT2D eigenvalue weighted by atomic mass is 9.90. The second-order valence-corrected chi connectivity index (χ2v) is 8.89. The molecule has 1 aliphatic heterocycles. The summed E-state index contributed by atoms with van der Waals surface area (Å²) in [6, 6.07) is 0.311. The second-order valence-electron chi connectivity index (χ2n) is 6.58. The Morgan fingerprint density at radius 1 is 1.12 bits per heavy atom. The minimum Gasteiger partial charge on any atom is -0.468 e. The van der Waals surface area contributed by atoms with E-state index in [1.54, 1.807) is 4.90 Å². The van der Waals surface area contributed by atoms with Gasteiger partial charge in [-0.25, -0.2) is 8.42 Å². The van der Waals surface area contributed by atoms with E-state index in [0.29, 0.717) is 0 Å².